The quantitative estimate of drug-likeness (QED) is 0.745. The van der Waals surface area contributed by atoms with Gasteiger partial charge in [0.05, 0.1) is 20.0 Å². The van der Waals surface area contributed by atoms with Crippen molar-refractivity contribution in [3.05, 3.63) is 47.5 Å². The van der Waals surface area contributed by atoms with Crippen molar-refractivity contribution in [2.75, 3.05) is 12.0 Å². The third-order valence-corrected chi connectivity index (χ3v) is 6.35. The van der Waals surface area contributed by atoms with Gasteiger partial charge in [-0.25, -0.2) is 9.78 Å². The van der Waals surface area contributed by atoms with Crippen LogP contribution in [0.25, 0.3) is 0 Å². The molecule has 8 nitrogen and oxygen atoms in total. The fraction of sp³-hybridized carbons (Fsp3) is 0.478. The molecule has 0 unspecified atom stereocenters. The molecule has 164 valence electrons. The topological polar surface area (TPSA) is 93.5 Å². The fourth-order valence-corrected chi connectivity index (χ4v) is 4.61. The monoisotopic (exact) mass is 424 g/mol. The first-order valence-electron chi connectivity index (χ1n) is 10.8. The van der Waals surface area contributed by atoms with Gasteiger partial charge in [-0.3, -0.25) is 14.5 Å². The summed E-state index contributed by atoms with van der Waals surface area (Å²) in [6.45, 7) is 4.00. The number of benzene rings is 1. The number of rotatable bonds is 5. The summed E-state index contributed by atoms with van der Waals surface area (Å²) in [6, 6.07) is 7.73. The van der Waals surface area contributed by atoms with Crippen LogP contribution in [0.15, 0.2) is 30.6 Å². The van der Waals surface area contributed by atoms with Gasteiger partial charge in [0.2, 0.25) is 5.91 Å². The third kappa shape index (κ3) is 3.60. The lowest BCUT2D eigenvalue weighted by atomic mass is 9.92. The Labute approximate surface area is 181 Å². The van der Waals surface area contributed by atoms with Crippen molar-refractivity contribution >= 4 is 23.5 Å². The number of anilines is 1. The minimum Gasteiger partial charge on any atom is -0.464 e. The summed E-state index contributed by atoms with van der Waals surface area (Å²) in [5, 5.41) is 3.15. The maximum Gasteiger partial charge on any atom is 0.359 e. The molecular weight excluding hydrogens is 396 g/mol. The Morgan fingerprint density at radius 3 is 2.71 bits per heavy atom. The SMILES string of the molecule is CCc1cccc(N2C(=O)c3c(C(=O)OC)ncn3C[C@]2(C)C(=O)NC2CCCC2)c1. The number of aromatic nitrogens is 2. The molecule has 1 aromatic heterocycles. The minimum absolute atomic E-state index is 0.0394. The standard InChI is InChI=1S/C23H28N4O4/c1-4-15-8-7-11-17(12-15)27-20(28)19-18(21(29)31-3)24-14-26(19)13-23(27,2)22(30)25-16-9-5-6-10-16/h7-8,11-12,14,16H,4-6,9-10,13H2,1-3H3,(H,25,30)/t23-/m1/s1. The maximum absolute atomic E-state index is 13.8. The number of ether oxygens (including phenoxy) is 1. The number of fused-ring (bicyclic) bond motifs is 1. The van der Waals surface area contributed by atoms with Crippen LogP contribution in [0.3, 0.4) is 0 Å². The second-order valence-corrected chi connectivity index (χ2v) is 8.45. The number of hydrogen-bond donors (Lipinski definition) is 1. The molecule has 1 fully saturated rings. The molecule has 0 bridgehead atoms. The molecule has 2 heterocycles. The molecule has 0 radical (unpaired) electrons. The number of carbonyl (C=O) groups excluding carboxylic acids is 3. The molecular formula is C23H28N4O4. The first kappa shape index (κ1) is 21.1. The highest BCUT2D eigenvalue weighted by Crippen LogP contribution is 2.35. The van der Waals surface area contributed by atoms with E-state index in [-0.39, 0.29) is 29.9 Å². The number of hydrogen-bond acceptors (Lipinski definition) is 5. The van der Waals surface area contributed by atoms with E-state index < -0.39 is 17.4 Å². The van der Waals surface area contributed by atoms with Crippen LogP contribution >= 0.6 is 0 Å². The Bertz CT molecular complexity index is 1020. The van der Waals surface area contributed by atoms with Crippen molar-refractivity contribution in [1.29, 1.82) is 0 Å². The number of nitrogens with zero attached hydrogens (tertiary/aromatic N) is 3. The van der Waals surface area contributed by atoms with E-state index >= 15 is 0 Å². The van der Waals surface area contributed by atoms with Crippen LogP contribution in [0.4, 0.5) is 5.69 Å². The summed E-state index contributed by atoms with van der Waals surface area (Å²) in [4.78, 5) is 45.1. The highest BCUT2D eigenvalue weighted by Gasteiger charge is 2.50. The van der Waals surface area contributed by atoms with E-state index in [1.807, 2.05) is 31.2 Å². The number of nitrogens with one attached hydrogen (secondary N) is 1. The normalized spacial score (nSPS) is 21.1. The number of carbonyl (C=O) groups is 3. The summed E-state index contributed by atoms with van der Waals surface area (Å²) >= 11 is 0. The van der Waals surface area contributed by atoms with Gasteiger partial charge in [0, 0.05) is 11.7 Å². The molecule has 2 aliphatic rings. The lowest BCUT2D eigenvalue weighted by Crippen LogP contribution is -2.65. The van der Waals surface area contributed by atoms with Crippen LogP contribution in [0.1, 0.15) is 66.1 Å². The highest BCUT2D eigenvalue weighted by atomic mass is 16.5. The Morgan fingerprint density at radius 1 is 1.29 bits per heavy atom. The van der Waals surface area contributed by atoms with E-state index in [1.165, 1.54) is 18.3 Å². The van der Waals surface area contributed by atoms with Crippen LogP contribution in [-0.2, 0) is 22.5 Å². The number of methoxy groups -OCH3 is 1. The predicted octanol–water partition coefficient (Wildman–Crippen LogP) is 2.71. The van der Waals surface area contributed by atoms with E-state index in [1.54, 1.807) is 11.5 Å². The molecule has 1 aromatic carbocycles. The van der Waals surface area contributed by atoms with Gasteiger partial charge >= 0.3 is 5.97 Å². The van der Waals surface area contributed by atoms with E-state index in [2.05, 4.69) is 10.3 Å². The van der Waals surface area contributed by atoms with Crippen molar-refractivity contribution in [1.82, 2.24) is 14.9 Å². The Morgan fingerprint density at radius 2 is 2.03 bits per heavy atom. The first-order valence-corrected chi connectivity index (χ1v) is 10.8. The fourth-order valence-electron chi connectivity index (χ4n) is 4.61. The molecule has 31 heavy (non-hydrogen) atoms. The maximum atomic E-state index is 13.8. The summed E-state index contributed by atoms with van der Waals surface area (Å²) in [6.07, 6.45) is 6.31. The lowest BCUT2D eigenvalue weighted by molar-refractivity contribution is -0.127. The van der Waals surface area contributed by atoms with Crippen molar-refractivity contribution in [3.63, 3.8) is 0 Å². The largest absolute Gasteiger partial charge is 0.464 e. The smallest absolute Gasteiger partial charge is 0.359 e. The van der Waals surface area contributed by atoms with E-state index in [0.29, 0.717) is 5.69 Å². The molecule has 1 aliphatic heterocycles. The molecule has 1 N–H and O–H groups in total. The van der Waals surface area contributed by atoms with Gasteiger partial charge in [-0.05, 0) is 43.9 Å². The van der Waals surface area contributed by atoms with Crippen LogP contribution in [-0.4, -0.2) is 46.0 Å². The predicted molar refractivity (Wildman–Crippen MR) is 115 cm³/mol. The van der Waals surface area contributed by atoms with Crippen LogP contribution in [0.2, 0.25) is 0 Å². The molecule has 2 aromatic rings. The molecule has 2 amide bonds. The summed E-state index contributed by atoms with van der Waals surface area (Å²) in [5.41, 5.74) is 0.600. The zero-order valence-corrected chi connectivity index (χ0v) is 18.2. The molecule has 1 saturated carbocycles. The van der Waals surface area contributed by atoms with Crippen molar-refractivity contribution in [2.45, 2.75) is 64.1 Å². The number of imidazole rings is 1. The summed E-state index contributed by atoms with van der Waals surface area (Å²) < 4.78 is 6.40. The van der Waals surface area contributed by atoms with Gasteiger partial charge in [0.15, 0.2) is 5.69 Å². The Balaban J connectivity index is 1.81. The van der Waals surface area contributed by atoms with Gasteiger partial charge in [0.25, 0.3) is 5.91 Å². The number of esters is 1. The van der Waals surface area contributed by atoms with Crippen molar-refractivity contribution in [2.24, 2.45) is 0 Å². The lowest BCUT2D eigenvalue weighted by Gasteiger charge is -2.44. The van der Waals surface area contributed by atoms with E-state index in [0.717, 1.165) is 37.7 Å². The Hall–Kier alpha value is -3.16. The molecule has 0 spiro atoms. The summed E-state index contributed by atoms with van der Waals surface area (Å²) in [5.74, 6) is -1.32. The average Bonchev–Trinajstić information content (AvgIpc) is 3.43. The van der Waals surface area contributed by atoms with E-state index in [4.69, 9.17) is 4.74 Å². The van der Waals surface area contributed by atoms with Gasteiger partial charge in [0.1, 0.15) is 11.2 Å². The van der Waals surface area contributed by atoms with Gasteiger partial charge < -0.3 is 14.6 Å². The van der Waals surface area contributed by atoms with E-state index in [9.17, 15) is 14.4 Å². The zero-order valence-electron chi connectivity index (χ0n) is 18.2. The van der Waals surface area contributed by atoms with Crippen LogP contribution in [0.5, 0.6) is 0 Å². The summed E-state index contributed by atoms with van der Waals surface area (Å²) in [7, 11) is 1.25. The van der Waals surface area contributed by atoms with Crippen molar-refractivity contribution < 1.29 is 19.1 Å². The highest BCUT2D eigenvalue weighted by molar-refractivity contribution is 6.15. The average molecular weight is 425 g/mol. The van der Waals surface area contributed by atoms with Crippen LogP contribution in [0, 0.1) is 0 Å². The van der Waals surface area contributed by atoms with Gasteiger partial charge in [-0.15, -0.1) is 0 Å². The minimum atomic E-state index is -1.17. The second-order valence-electron chi connectivity index (χ2n) is 8.45. The first-order chi connectivity index (χ1) is 14.9. The van der Waals surface area contributed by atoms with Crippen molar-refractivity contribution in [3.8, 4) is 0 Å². The zero-order chi connectivity index (χ0) is 22.2. The molecule has 1 atom stereocenters. The van der Waals surface area contributed by atoms with Gasteiger partial charge in [-0.2, -0.15) is 0 Å². The molecule has 1 aliphatic carbocycles. The van der Waals surface area contributed by atoms with Gasteiger partial charge in [-0.1, -0.05) is 31.9 Å². The third-order valence-electron chi connectivity index (χ3n) is 6.35. The molecule has 4 rings (SSSR count). The second kappa shape index (κ2) is 8.17. The van der Waals surface area contributed by atoms with Crippen LogP contribution < -0.4 is 10.2 Å². The Kier molecular flexibility index (Phi) is 5.56. The molecule has 8 heteroatoms. The molecule has 0 saturated heterocycles. The number of amides is 2. The number of aryl methyl sites for hydroxylation is 1.